The van der Waals surface area contributed by atoms with Crippen LogP contribution in [0.15, 0.2) is 41.2 Å². The normalized spacial score (nSPS) is 10.3. The van der Waals surface area contributed by atoms with Gasteiger partial charge in [-0.25, -0.2) is 0 Å². The van der Waals surface area contributed by atoms with E-state index in [1.165, 1.54) is 0 Å². The summed E-state index contributed by atoms with van der Waals surface area (Å²) in [5, 5.41) is 0. The molecular weight excluding hydrogens is 272 g/mol. The van der Waals surface area contributed by atoms with E-state index < -0.39 is 0 Å². The van der Waals surface area contributed by atoms with Gasteiger partial charge in [0, 0.05) is 11.8 Å². The second kappa shape index (κ2) is 5.88. The van der Waals surface area contributed by atoms with Gasteiger partial charge in [0.1, 0.15) is 10.7 Å². The molecule has 1 aromatic carbocycles. The number of benzene rings is 1. The second-order valence-electron chi connectivity index (χ2n) is 4.49. The van der Waals surface area contributed by atoms with Crippen LogP contribution < -0.4 is 16.0 Å². The molecular formula is C15H16N2O2S. The molecule has 0 aliphatic rings. The van der Waals surface area contributed by atoms with E-state index in [4.69, 9.17) is 22.7 Å². The van der Waals surface area contributed by atoms with Crippen LogP contribution in [0.25, 0.3) is 0 Å². The van der Waals surface area contributed by atoms with Crippen molar-refractivity contribution in [2.75, 3.05) is 7.11 Å². The van der Waals surface area contributed by atoms with Crippen LogP contribution in [0.1, 0.15) is 16.8 Å². The molecule has 20 heavy (non-hydrogen) atoms. The predicted octanol–water partition coefficient (Wildman–Crippen LogP) is 1.85. The summed E-state index contributed by atoms with van der Waals surface area (Å²) in [7, 11) is 1.57. The van der Waals surface area contributed by atoms with Crippen LogP contribution >= 0.6 is 12.2 Å². The van der Waals surface area contributed by atoms with Crippen LogP contribution in [-0.2, 0) is 6.54 Å². The summed E-state index contributed by atoms with van der Waals surface area (Å²) in [6, 6.07) is 10.8. The zero-order valence-corrected chi connectivity index (χ0v) is 12.2. The highest BCUT2D eigenvalue weighted by molar-refractivity contribution is 7.80. The summed E-state index contributed by atoms with van der Waals surface area (Å²) in [4.78, 5) is 12.2. The van der Waals surface area contributed by atoms with Crippen LogP contribution in [0, 0.1) is 6.92 Å². The van der Waals surface area contributed by atoms with Crippen molar-refractivity contribution >= 4 is 17.2 Å². The number of rotatable bonds is 4. The lowest BCUT2D eigenvalue weighted by Crippen LogP contribution is -2.21. The summed E-state index contributed by atoms with van der Waals surface area (Å²) in [5.74, 6) is 0.622. The molecule has 5 heteroatoms. The maximum atomic E-state index is 11.9. The molecule has 2 rings (SSSR count). The van der Waals surface area contributed by atoms with Crippen molar-refractivity contribution in [3.63, 3.8) is 0 Å². The summed E-state index contributed by atoms with van der Waals surface area (Å²) < 4.78 is 6.99. The van der Waals surface area contributed by atoms with Crippen molar-refractivity contribution < 1.29 is 4.74 Å². The Balaban J connectivity index is 2.40. The zero-order chi connectivity index (χ0) is 14.7. The summed E-state index contributed by atoms with van der Waals surface area (Å²) >= 11 is 4.97. The first-order chi connectivity index (χ1) is 9.52. The third-order valence-electron chi connectivity index (χ3n) is 3.14. The largest absolute Gasteiger partial charge is 0.496 e. The Labute approximate surface area is 122 Å². The number of nitrogens with two attached hydrogens (primary N) is 1. The highest BCUT2D eigenvalue weighted by Crippen LogP contribution is 2.20. The quantitative estimate of drug-likeness (QED) is 0.872. The maximum Gasteiger partial charge on any atom is 0.251 e. The predicted molar refractivity (Wildman–Crippen MR) is 83.4 cm³/mol. The Hall–Kier alpha value is -2.14. The Bertz CT molecular complexity index is 707. The van der Waals surface area contributed by atoms with Crippen LogP contribution in [0.4, 0.5) is 0 Å². The molecule has 0 unspecified atom stereocenters. The first-order valence-corrected chi connectivity index (χ1v) is 6.57. The van der Waals surface area contributed by atoms with Gasteiger partial charge in [-0.15, -0.1) is 0 Å². The molecule has 0 aliphatic carbocycles. The molecule has 0 bridgehead atoms. The smallest absolute Gasteiger partial charge is 0.251 e. The fraction of sp³-hybridized carbons (Fsp3) is 0.200. The van der Waals surface area contributed by atoms with Gasteiger partial charge < -0.3 is 15.0 Å². The van der Waals surface area contributed by atoms with Crippen LogP contribution in [-0.4, -0.2) is 16.7 Å². The average molecular weight is 288 g/mol. The molecule has 104 valence electrons. The van der Waals surface area contributed by atoms with Crippen molar-refractivity contribution in [1.29, 1.82) is 0 Å². The minimum absolute atomic E-state index is 0.0256. The van der Waals surface area contributed by atoms with Gasteiger partial charge in [0.05, 0.1) is 19.2 Å². The first-order valence-electron chi connectivity index (χ1n) is 6.16. The SMILES string of the molecule is COc1cc(Cn2c(C)cccc2=O)ccc1C(N)=S. The summed E-state index contributed by atoms with van der Waals surface area (Å²) in [5.41, 5.74) is 8.18. The molecule has 4 nitrogen and oxygen atoms in total. The maximum absolute atomic E-state index is 11.9. The van der Waals surface area contributed by atoms with Crippen molar-refractivity contribution in [2.24, 2.45) is 5.73 Å². The average Bonchev–Trinajstić information content (AvgIpc) is 2.42. The molecule has 2 N–H and O–H groups in total. The molecule has 0 aliphatic heterocycles. The van der Waals surface area contributed by atoms with E-state index in [1.54, 1.807) is 23.8 Å². The molecule has 1 heterocycles. The van der Waals surface area contributed by atoms with Crippen molar-refractivity contribution in [1.82, 2.24) is 4.57 Å². The monoisotopic (exact) mass is 288 g/mol. The fourth-order valence-electron chi connectivity index (χ4n) is 2.05. The van der Waals surface area contributed by atoms with Gasteiger partial charge >= 0.3 is 0 Å². The van der Waals surface area contributed by atoms with Crippen molar-refractivity contribution in [3.05, 3.63) is 63.6 Å². The van der Waals surface area contributed by atoms with E-state index in [2.05, 4.69) is 0 Å². The molecule has 0 amide bonds. The minimum atomic E-state index is -0.0256. The van der Waals surface area contributed by atoms with E-state index in [1.807, 2.05) is 31.2 Å². The second-order valence-corrected chi connectivity index (χ2v) is 4.93. The molecule has 0 spiro atoms. The molecule has 1 aromatic heterocycles. The Morgan fingerprint density at radius 3 is 2.70 bits per heavy atom. The highest BCUT2D eigenvalue weighted by Gasteiger charge is 2.08. The van der Waals surface area contributed by atoms with Crippen LogP contribution in [0.5, 0.6) is 5.75 Å². The number of methoxy groups -OCH3 is 1. The fourth-order valence-corrected chi connectivity index (χ4v) is 2.21. The van der Waals surface area contributed by atoms with Gasteiger partial charge in [-0.3, -0.25) is 4.79 Å². The third kappa shape index (κ3) is 2.88. The number of nitrogens with zero attached hydrogens (tertiary/aromatic N) is 1. The zero-order valence-electron chi connectivity index (χ0n) is 11.4. The van der Waals surface area contributed by atoms with Gasteiger partial charge in [-0.1, -0.05) is 24.4 Å². The Kier molecular flexibility index (Phi) is 4.20. The van der Waals surface area contributed by atoms with E-state index >= 15 is 0 Å². The lowest BCUT2D eigenvalue weighted by Gasteiger charge is -2.12. The Morgan fingerprint density at radius 2 is 2.10 bits per heavy atom. The number of ether oxygens (including phenoxy) is 1. The number of aryl methyl sites for hydroxylation is 1. The van der Waals surface area contributed by atoms with Crippen molar-refractivity contribution in [2.45, 2.75) is 13.5 Å². The summed E-state index contributed by atoms with van der Waals surface area (Å²) in [6.07, 6.45) is 0. The molecule has 2 aromatic rings. The third-order valence-corrected chi connectivity index (χ3v) is 3.36. The molecule has 0 saturated carbocycles. The van der Waals surface area contributed by atoms with Crippen LogP contribution in [0.3, 0.4) is 0 Å². The topological polar surface area (TPSA) is 57.2 Å². The van der Waals surface area contributed by atoms with Crippen LogP contribution in [0.2, 0.25) is 0 Å². The van der Waals surface area contributed by atoms with Crippen molar-refractivity contribution in [3.8, 4) is 5.75 Å². The lowest BCUT2D eigenvalue weighted by molar-refractivity contribution is 0.413. The van der Waals surface area contributed by atoms with Gasteiger partial charge in [-0.2, -0.15) is 0 Å². The minimum Gasteiger partial charge on any atom is -0.496 e. The molecule has 0 saturated heterocycles. The van der Waals surface area contributed by atoms with E-state index in [-0.39, 0.29) is 5.56 Å². The van der Waals surface area contributed by atoms with Gasteiger partial charge in [-0.05, 0) is 30.7 Å². The molecule has 0 radical (unpaired) electrons. The number of hydrogen-bond acceptors (Lipinski definition) is 3. The number of aromatic nitrogens is 1. The van der Waals surface area contributed by atoms with Gasteiger partial charge in [0.2, 0.25) is 0 Å². The number of hydrogen-bond donors (Lipinski definition) is 1. The highest BCUT2D eigenvalue weighted by atomic mass is 32.1. The number of thiocarbonyl (C=S) groups is 1. The lowest BCUT2D eigenvalue weighted by atomic mass is 10.1. The summed E-state index contributed by atoms with van der Waals surface area (Å²) in [6.45, 7) is 2.39. The number of pyridine rings is 1. The van der Waals surface area contributed by atoms with E-state index in [0.717, 1.165) is 11.3 Å². The first kappa shape index (κ1) is 14.3. The van der Waals surface area contributed by atoms with E-state index in [0.29, 0.717) is 22.8 Å². The van der Waals surface area contributed by atoms with E-state index in [9.17, 15) is 4.79 Å². The van der Waals surface area contributed by atoms with Gasteiger partial charge in [0.15, 0.2) is 0 Å². The van der Waals surface area contributed by atoms with Gasteiger partial charge in [0.25, 0.3) is 5.56 Å². The molecule has 0 atom stereocenters. The molecule has 0 fully saturated rings. The standard InChI is InChI=1S/C15H16N2O2S/c1-10-4-3-5-14(18)17(10)9-11-6-7-12(15(16)20)13(8-11)19-2/h3-8H,9H2,1-2H3,(H2,16,20). The Morgan fingerprint density at radius 1 is 1.35 bits per heavy atom.